The van der Waals surface area contributed by atoms with Crippen LogP contribution in [0.1, 0.15) is 31.7 Å². The van der Waals surface area contributed by atoms with E-state index in [1.807, 2.05) is 12.1 Å². The van der Waals surface area contributed by atoms with Gasteiger partial charge in [0, 0.05) is 6.61 Å². The maximum absolute atomic E-state index is 8.65. The molecule has 1 aromatic rings. The molecule has 1 aromatic carbocycles. The average molecular weight is 266 g/mol. The summed E-state index contributed by atoms with van der Waals surface area (Å²) in [5.74, 6) is 0.784. The van der Waals surface area contributed by atoms with Crippen LogP contribution in [0, 0.1) is 0 Å². The number of aliphatic hydroxyl groups is 1. The van der Waals surface area contributed by atoms with Crippen molar-refractivity contribution in [1.82, 2.24) is 5.32 Å². The zero-order valence-corrected chi connectivity index (χ0v) is 11.8. The van der Waals surface area contributed by atoms with Gasteiger partial charge in [-0.05, 0) is 56.5 Å². The van der Waals surface area contributed by atoms with Gasteiger partial charge in [-0.3, -0.25) is 0 Å². The fourth-order valence-corrected chi connectivity index (χ4v) is 1.84. The Labute approximate surface area is 116 Å². The standard InChI is InChI=1S/C15H26N2O2/c1-2-11-19-15-7-6-13(12-14(15)16)5-3-8-17-9-4-10-18/h6-7,12,17-18H,2-5,8-11,16H2,1H3. The Hall–Kier alpha value is -1.26. The molecule has 4 heteroatoms. The molecule has 0 radical (unpaired) electrons. The van der Waals surface area contributed by atoms with Crippen molar-refractivity contribution < 1.29 is 9.84 Å². The van der Waals surface area contributed by atoms with E-state index in [-0.39, 0.29) is 6.61 Å². The fraction of sp³-hybridized carbons (Fsp3) is 0.600. The molecule has 0 aliphatic rings. The van der Waals surface area contributed by atoms with Crippen LogP contribution in [0.5, 0.6) is 5.75 Å². The first-order valence-corrected chi connectivity index (χ1v) is 7.10. The molecule has 0 saturated carbocycles. The summed E-state index contributed by atoms with van der Waals surface area (Å²) in [5, 5.41) is 11.9. The third-order valence-corrected chi connectivity index (χ3v) is 2.87. The van der Waals surface area contributed by atoms with E-state index in [4.69, 9.17) is 15.6 Å². The first-order chi connectivity index (χ1) is 9.27. The van der Waals surface area contributed by atoms with Crippen LogP contribution in [-0.2, 0) is 6.42 Å². The van der Waals surface area contributed by atoms with Crippen LogP contribution in [0.25, 0.3) is 0 Å². The number of nitrogen functional groups attached to an aromatic ring is 1. The quantitative estimate of drug-likeness (QED) is 0.447. The van der Waals surface area contributed by atoms with Crippen molar-refractivity contribution in [1.29, 1.82) is 0 Å². The molecule has 4 nitrogen and oxygen atoms in total. The van der Waals surface area contributed by atoms with E-state index < -0.39 is 0 Å². The lowest BCUT2D eigenvalue weighted by atomic mass is 10.1. The Kier molecular flexibility index (Phi) is 8.02. The predicted octanol–water partition coefficient (Wildman–Crippen LogP) is 1.96. The van der Waals surface area contributed by atoms with Crippen molar-refractivity contribution in [2.75, 3.05) is 32.0 Å². The second kappa shape index (κ2) is 9.64. The van der Waals surface area contributed by atoms with Crippen molar-refractivity contribution in [2.24, 2.45) is 0 Å². The molecule has 108 valence electrons. The minimum Gasteiger partial charge on any atom is -0.491 e. The Morgan fingerprint density at radius 3 is 2.74 bits per heavy atom. The van der Waals surface area contributed by atoms with E-state index in [9.17, 15) is 0 Å². The average Bonchev–Trinajstić information content (AvgIpc) is 2.42. The van der Waals surface area contributed by atoms with E-state index in [0.29, 0.717) is 6.61 Å². The predicted molar refractivity (Wildman–Crippen MR) is 79.5 cm³/mol. The zero-order valence-electron chi connectivity index (χ0n) is 11.8. The minimum atomic E-state index is 0.253. The van der Waals surface area contributed by atoms with E-state index in [0.717, 1.165) is 50.2 Å². The smallest absolute Gasteiger partial charge is 0.142 e. The summed E-state index contributed by atoms with van der Waals surface area (Å²) in [7, 11) is 0. The largest absolute Gasteiger partial charge is 0.491 e. The number of hydrogen-bond donors (Lipinski definition) is 3. The fourth-order valence-electron chi connectivity index (χ4n) is 1.84. The Morgan fingerprint density at radius 1 is 1.26 bits per heavy atom. The molecule has 0 aromatic heterocycles. The van der Waals surface area contributed by atoms with Gasteiger partial charge < -0.3 is 20.9 Å². The molecule has 0 amide bonds. The van der Waals surface area contributed by atoms with Crippen molar-refractivity contribution in [3.63, 3.8) is 0 Å². The Morgan fingerprint density at radius 2 is 2.05 bits per heavy atom. The molecule has 0 saturated heterocycles. The van der Waals surface area contributed by atoms with Crippen LogP contribution in [-0.4, -0.2) is 31.4 Å². The van der Waals surface area contributed by atoms with Crippen LogP contribution in [0.3, 0.4) is 0 Å². The van der Waals surface area contributed by atoms with Gasteiger partial charge in [-0.25, -0.2) is 0 Å². The van der Waals surface area contributed by atoms with Gasteiger partial charge in [0.05, 0.1) is 12.3 Å². The molecule has 0 aliphatic carbocycles. The lowest BCUT2D eigenvalue weighted by Gasteiger charge is -2.10. The molecule has 0 aliphatic heterocycles. The second-order valence-corrected chi connectivity index (χ2v) is 4.65. The highest BCUT2D eigenvalue weighted by Crippen LogP contribution is 2.23. The molecule has 19 heavy (non-hydrogen) atoms. The number of benzene rings is 1. The number of aliphatic hydroxyl groups excluding tert-OH is 1. The molecule has 0 spiro atoms. The number of anilines is 1. The van der Waals surface area contributed by atoms with Crippen molar-refractivity contribution in [3.05, 3.63) is 23.8 Å². The molecule has 4 N–H and O–H groups in total. The van der Waals surface area contributed by atoms with Crippen molar-refractivity contribution in [3.8, 4) is 5.75 Å². The highest BCUT2D eigenvalue weighted by atomic mass is 16.5. The molecule has 0 bridgehead atoms. The van der Waals surface area contributed by atoms with Gasteiger partial charge in [0.25, 0.3) is 0 Å². The summed E-state index contributed by atoms with van der Waals surface area (Å²) in [6.07, 6.45) is 3.88. The zero-order chi connectivity index (χ0) is 13.9. The molecular formula is C15H26N2O2. The van der Waals surface area contributed by atoms with E-state index in [1.54, 1.807) is 0 Å². The lowest BCUT2D eigenvalue weighted by molar-refractivity contribution is 0.286. The van der Waals surface area contributed by atoms with Gasteiger partial charge in [-0.1, -0.05) is 13.0 Å². The summed E-state index contributed by atoms with van der Waals surface area (Å²) in [4.78, 5) is 0. The SMILES string of the molecule is CCCOc1ccc(CCCNCCCO)cc1N. The highest BCUT2D eigenvalue weighted by molar-refractivity contribution is 5.54. The lowest BCUT2D eigenvalue weighted by Crippen LogP contribution is -2.18. The van der Waals surface area contributed by atoms with Gasteiger partial charge in [0.2, 0.25) is 0 Å². The van der Waals surface area contributed by atoms with Gasteiger partial charge >= 0.3 is 0 Å². The van der Waals surface area contributed by atoms with Crippen LogP contribution in [0.4, 0.5) is 5.69 Å². The number of nitrogens with one attached hydrogen (secondary N) is 1. The molecule has 1 rings (SSSR count). The first kappa shape index (κ1) is 15.8. The van der Waals surface area contributed by atoms with Gasteiger partial charge in [-0.15, -0.1) is 0 Å². The Balaban J connectivity index is 2.29. The Bertz CT molecular complexity index is 356. The van der Waals surface area contributed by atoms with Gasteiger partial charge in [0.15, 0.2) is 0 Å². The second-order valence-electron chi connectivity index (χ2n) is 4.65. The van der Waals surface area contributed by atoms with Crippen LogP contribution >= 0.6 is 0 Å². The van der Waals surface area contributed by atoms with Gasteiger partial charge in [0.1, 0.15) is 5.75 Å². The monoisotopic (exact) mass is 266 g/mol. The summed E-state index contributed by atoms with van der Waals surface area (Å²) in [6.45, 7) is 4.88. The minimum absolute atomic E-state index is 0.253. The molecule has 0 fully saturated rings. The number of aryl methyl sites for hydroxylation is 1. The normalized spacial score (nSPS) is 10.6. The first-order valence-electron chi connectivity index (χ1n) is 7.10. The van der Waals surface area contributed by atoms with Crippen molar-refractivity contribution in [2.45, 2.75) is 32.6 Å². The van der Waals surface area contributed by atoms with Crippen molar-refractivity contribution >= 4 is 5.69 Å². The topological polar surface area (TPSA) is 67.5 Å². The third-order valence-electron chi connectivity index (χ3n) is 2.87. The van der Waals surface area contributed by atoms with E-state index in [2.05, 4.69) is 18.3 Å². The summed E-state index contributed by atoms with van der Waals surface area (Å²) >= 11 is 0. The van der Waals surface area contributed by atoms with Gasteiger partial charge in [-0.2, -0.15) is 0 Å². The third kappa shape index (κ3) is 6.45. The number of hydrogen-bond acceptors (Lipinski definition) is 4. The van der Waals surface area contributed by atoms with Crippen LogP contribution < -0.4 is 15.8 Å². The molecular weight excluding hydrogens is 240 g/mol. The maximum atomic E-state index is 8.65. The number of ether oxygens (including phenoxy) is 1. The number of nitrogens with two attached hydrogens (primary N) is 1. The summed E-state index contributed by atoms with van der Waals surface area (Å²) in [6, 6.07) is 6.04. The number of rotatable bonds is 10. The van der Waals surface area contributed by atoms with E-state index in [1.165, 1.54) is 5.56 Å². The van der Waals surface area contributed by atoms with Crippen LogP contribution in [0.2, 0.25) is 0 Å². The van der Waals surface area contributed by atoms with E-state index >= 15 is 0 Å². The molecule has 0 unspecified atom stereocenters. The summed E-state index contributed by atoms with van der Waals surface area (Å²) < 4.78 is 5.55. The highest BCUT2D eigenvalue weighted by Gasteiger charge is 2.01. The van der Waals surface area contributed by atoms with Crippen LogP contribution in [0.15, 0.2) is 18.2 Å². The maximum Gasteiger partial charge on any atom is 0.142 e. The molecule has 0 heterocycles. The molecule has 0 atom stereocenters. The summed E-state index contributed by atoms with van der Waals surface area (Å²) in [5.41, 5.74) is 7.93.